The van der Waals surface area contributed by atoms with E-state index < -0.39 is 5.56 Å². The van der Waals surface area contributed by atoms with E-state index in [4.69, 9.17) is 0 Å². The third kappa shape index (κ3) is 3.37. The summed E-state index contributed by atoms with van der Waals surface area (Å²) in [6, 6.07) is 9.73. The summed E-state index contributed by atoms with van der Waals surface area (Å²) in [7, 11) is 0. The molecule has 26 heavy (non-hydrogen) atoms. The van der Waals surface area contributed by atoms with Gasteiger partial charge in [-0.3, -0.25) is 9.59 Å². The number of aryl methyl sites for hydroxylation is 1. The maximum absolute atomic E-state index is 13.0. The first-order chi connectivity index (χ1) is 12.4. The lowest BCUT2D eigenvalue weighted by molar-refractivity contribution is -0.119. The molecule has 2 heterocycles. The van der Waals surface area contributed by atoms with Gasteiger partial charge in [0.2, 0.25) is 5.91 Å². The maximum Gasteiger partial charge on any atom is 0.285 e. The number of para-hydroxylation sites is 1. The van der Waals surface area contributed by atoms with Crippen molar-refractivity contribution in [3.05, 3.63) is 51.4 Å². The molecule has 2 aromatic rings. The van der Waals surface area contributed by atoms with Gasteiger partial charge in [-0.2, -0.15) is 10.4 Å². The Kier molecular flexibility index (Phi) is 5.14. The van der Waals surface area contributed by atoms with Crippen molar-refractivity contribution in [3.8, 4) is 6.07 Å². The largest absolute Gasteiger partial charge is 0.310 e. The van der Waals surface area contributed by atoms with E-state index >= 15 is 0 Å². The predicted octanol–water partition coefficient (Wildman–Crippen LogP) is 2.65. The van der Waals surface area contributed by atoms with Gasteiger partial charge in [-0.1, -0.05) is 19.1 Å². The molecule has 1 aliphatic heterocycles. The molecule has 1 atom stereocenters. The van der Waals surface area contributed by atoms with Crippen LogP contribution in [0, 0.1) is 25.2 Å². The highest BCUT2D eigenvalue weighted by molar-refractivity contribution is 8.00. The van der Waals surface area contributed by atoms with Gasteiger partial charge < -0.3 is 4.90 Å². The summed E-state index contributed by atoms with van der Waals surface area (Å²) in [6.07, 6.45) is 0.865. The topological polar surface area (TPSA) is 79.0 Å². The van der Waals surface area contributed by atoms with E-state index in [1.807, 2.05) is 30.3 Å². The van der Waals surface area contributed by atoms with Crippen molar-refractivity contribution in [1.29, 1.82) is 5.26 Å². The molecule has 0 aliphatic carbocycles. The van der Waals surface area contributed by atoms with Crippen molar-refractivity contribution in [2.45, 2.75) is 43.9 Å². The first-order valence-electron chi connectivity index (χ1n) is 8.47. The van der Waals surface area contributed by atoms with Gasteiger partial charge in [-0.25, -0.2) is 4.68 Å². The number of fused-ring (bicyclic) bond motifs is 1. The number of rotatable bonds is 2. The number of nitrogens with zero attached hydrogens (tertiary/aromatic N) is 4. The number of hydrogen-bond acceptors (Lipinski definition) is 5. The quantitative estimate of drug-likeness (QED) is 0.814. The van der Waals surface area contributed by atoms with Crippen LogP contribution in [0.3, 0.4) is 0 Å². The summed E-state index contributed by atoms with van der Waals surface area (Å²) in [5.41, 5.74) is 1.53. The molecule has 134 valence electrons. The first-order valence-corrected chi connectivity index (χ1v) is 9.34. The van der Waals surface area contributed by atoms with E-state index in [9.17, 15) is 14.9 Å². The molecule has 0 saturated heterocycles. The molecule has 1 aromatic heterocycles. The monoisotopic (exact) mass is 368 g/mol. The zero-order valence-electron chi connectivity index (χ0n) is 15.0. The Morgan fingerprint density at radius 1 is 1.38 bits per heavy atom. The number of hydrogen-bond donors (Lipinski definition) is 0. The molecule has 0 unspecified atom stereocenters. The number of nitriles is 1. The lowest BCUT2D eigenvalue weighted by Gasteiger charge is -2.23. The summed E-state index contributed by atoms with van der Waals surface area (Å²) < 4.78 is 1.10. The van der Waals surface area contributed by atoms with E-state index in [1.54, 1.807) is 30.5 Å². The fourth-order valence-electron chi connectivity index (χ4n) is 2.97. The highest BCUT2D eigenvalue weighted by Gasteiger charge is 2.25. The second kappa shape index (κ2) is 7.34. The number of aromatic nitrogens is 2. The summed E-state index contributed by atoms with van der Waals surface area (Å²) in [6.45, 7) is 5.98. The van der Waals surface area contributed by atoms with Crippen molar-refractivity contribution < 1.29 is 4.79 Å². The van der Waals surface area contributed by atoms with Crippen LogP contribution >= 0.6 is 11.8 Å². The fourth-order valence-corrected chi connectivity index (χ4v) is 4.08. The van der Waals surface area contributed by atoms with Crippen molar-refractivity contribution in [2.75, 3.05) is 11.4 Å². The van der Waals surface area contributed by atoms with Gasteiger partial charge in [-0.15, -0.1) is 11.8 Å². The van der Waals surface area contributed by atoms with Gasteiger partial charge in [-0.05, 0) is 38.0 Å². The van der Waals surface area contributed by atoms with Crippen LogP contribution in [0.5, 0.6) is 0 Å². The van der Waals surface area contributed by atoms with Crippen LogP contribution in [0.15, 0.2) is 34.0 Å². The SMILES string of the molecule is Cc1nn(CC(=O)N2CC[C@H](C)Sc3ccccc32)c(=O)c(C#N)c1C. The molecule has 0 spiro atoms. The van der Waals surface area contributed by atoms with E-state index in [2.05, 4.69) is 12.0 Å². The number of carbonyl (C=O) groups is 1. The molecule has 0 N–H and O–H groups in total. The third-order valence-corrected chi connectivity index (χ3v) is 5.82. The van der Waals surface area contributed by atoms with Crippen LogP contribution in [0.2, 0.25) is 0 Å². The standard InChI is InChI=1S/C19H20N4O2S/c1-12-8-9-22(16-6-4-5-7-17(16)26-12)18(24)11-23-19(25)15(10-20)13(2)14(3)21-23/h4-7,12H,8-9,11H2,1-3H3/t12-/m0/s1. The summed E-state index contributed by atoms with van der Waals surface area (Å²) >= 11 is 1.75. The molecule has 0 bridgehead atoms. The van der Waals surface area contributed by atoms with Crippen molar-refractivity contribution in [3.63, 3.8) is 0 Å². The Morgan fingerprint density at radius 3 is 2.85 bits per heavy atom. The molecule has 1 aromatic carbocycles. The Hall–Kier alpha value is -2.59. The number of benzene rings is 1. The predicted molar refractivity (Wildman–Crippen MR) is 101 cm³/mol. The minimum atomic E-state index is -0.519. The van der Waals surface area contributed by atoms with Crippen molar-refractivity contribution in [1.82, 2.24) is 9.78 Å². The Labute approximate surface area is 156 Å². The fraction of sp³-hybridized carbons (Fsp3) is 0.368. The summed E-state index contributed by atoms with van der Waals surface area (Å²) in [4.78, 5) is 28.2. The Bertz CT molecular complexity index is 961. The number of amides is 1. The second-order valence-corrected chi connectivity index (χ2v) is 7.87. The summed E-state index contributed by atoms with van der Waals surface area (Å²) in [5, 5.41) is 13.9. The van der Waals surface area contributed by atoms with Gasteiger partial charge in [0.1, 0.15) is 18.2 Å². The van der Waals surface area contributed by atoms with Gasteiger partial charge in [0, 0.05) is 16.7 Å². The van der Waals surface area contributed by atoms with Crippen molar-refractivity contribution in [2.24, 2.45) is 0 Å². The van der Waals surface area contributed by atoms with E-state index in [0.29, 0.717) is 23.1 Å². The molecule has 7 heteroatoms. The molecule has 0 saturated carbocycles. The van der Waals surface area contributed by atoms with Crippen LogP contribution < -0.4 is 10.5 Å². The second-order valence-electron chi connectivity index (χ2n) is 6.39. The molecule has 0 fully saturated rings. The smallest absolute Gasteiger partial charge is 0.285 e. The van der Waals surface area contributed by atoms with Crippen LogP contribution in [-0.4, -0.2) is 27.5 Å². The molecule has 6 nitrogen and oxygen atoms in total. The average molecular weight is 368 g/mol. The summed E-state index contributed by atoms with van der Waals surface area (Å²) in [5.74, 6) is -0.200. The Balaban J connectivity index is 1.96. The highest BCUT2D eigenvalue weighted by Crippen LogP contribution is 2.37. The number of carbonyl (C=O) groups excluding carboxylic acids is 1. The van der Waals surface area contributed by atoms with Gasteiger partial charge >= 0.3 is 0 Å². The van der Waals surface area contributed by atoms with Crippen LogP contribution in [0.1, 0.15) is 30.2 Å². The lowest BCUT2D eigenvalue weighted by atomic mass is 10.1. The molecule has 1 aliphatic rings. The van der Waals surface area contributed by atoms with E-state index in [1.165, 1.54) is 0 Å². The van der Waals surface area contributed by atoms with E-state index in [0.717, 1.165) is 21.7 Å². The van der Waals surface area contributed by atoms with Gasteiger partial charge in [0.25, 0.3) is 5.56 Å². The highest BCUT2D eigenvalue weighted by atomic mass is 32.2. The van der Waals surface area contributed by atoms with Crippen LogP contribution in [0.4, 0.5) is 5.69 Å². The van der Waals surface area contributed by atoms with Gasteiger partial charge in [0.15, 0.2) is 0 Å². The number of anilines is 1. The Morgan fingerprint density at radius 2 is 2.12 bits per heavy atom. The molecular weight excluding hydrogens is 348 g/mol. The first kappa shape index (κ1) is 18.2. The lowest BCUT2D eigenvalue weighted by Crippen LogP contribution is -2.39. The third-order valence-electron chi connectivity index (χ3n) is 4.58. The van der Waals surface area contributed by atoms with Crippen LogP contribution in [-0.2, 0) is 11.3 Å². The zero-order valence-corrected chi connectivity index (χ0v) is 15.8. The maximum atomic E-state index is 13.0. The van der Waals surface area contributed by atoms with Crippen molar-refractivity contribution >= 4 is 23.4 Å². The van der Waals surface area contributed by atoms with E-state index in [-0.39, 0.29) is 18.0 Å². The molecule has 1 amide bonds. The average Bonchev–Trinajstić information content (AvgIpc) is 2.78. The molecular formula is C19H20N4O2S. The normalized spacial score (nSPS) is 16.5. The molecule has 0 radical (unpaired) electrons. The van der Waals surface area contributed by atoms with Crippen LogP contribution in [0.25, 0.3) is 0 Å². The number of thioether (sulfide) groups is 1. The minimum Gasteiger partial charge on any atom is -0.310 e. The van der Waals surface area contributed by atoms with Gasteiger partial charge in [0.05, 0.1) is 11.4 Å². The minimum absolute atomic E-state index is 0.0470. The molecule has 3 rings (SSSR count). The zero-order chi connectivity index (χ0) is 18.8.